The van der Waals surface area contributed by atoms with Gasteiger partial charge in [0.15, 0.2) is 17.1 Å². The summed E-state index contributed by atoms with van der Waals surface area (Å²) in [5, 5.41) is 4.69. The maximum absolute atomic E-state index is 14.7. The van der Waals surface area contributed by atoms with Crippen molar-refractivity contribution in [2.75, 3.05) is 19.1 Å². The highest BCUT2D eigenvalue weighted by Crippen LogP contribution is 2.43. The molecule has 1 aromatic heterocycles. The largest absolute Gasteiger partial charge is 0.493 e. The predicted octanol–water partition coefficient (Wildman–Crippen LogP) is 5.07. The van der Waals surface area contributed by atoms with Gasteiger partial charge >= 0.3 is 5.91 Å². The van der Waals surface area contributed by atoms with Gasteiger partial charge in [-0.25, -0.2) is 9.82 Å². The fraction of sp³-hybridized carbons (Fsp3) is 0.333. The summed E-state index contributed by atoms with van der Waals surface area (Å²) < 4.78 is 25.6. The Morgan fingerprint density at radius 3 is 2.87 bits per heavy atom. The van der Waals surface area contributed by atoms with Crippen molar-refractivity contribution in [2.24, 2.45) is 5.10 Å². The third kappa shape index (κ3) is 3.76. The van der Waals surface area contributed by atoms with Gasteiger partial charge in [-0.2, -0.15) is 5.10 Å². The second-order valence-electron chi connectivity index (χ2n) is 8.60. The van der Waals surface area contributed by atoms with E-state index in [9.17, 15) is 9.18 Å². The molecule has 1 aliphatic rings. The van der Waals surface area contributed by atoms with E-state index in [4.69, 9.17) is 9.15 Å². The highest BCUT2D eigenvalue weighted by Gasteiger charge is 2.34. The van der Waals surface area contributed by atoms with Gasteiger partial charge in [-0.05, 0) is 56.0 Å². The number of ether oxygens (including phenoxy) is 1. The fourth-order valence-electron chi connectivity index (χ4n) is 4.23. The molecule has 162 valence electrons. The molecule has 0 radical (unpaired) electrons. The lowest BCUT2D eigenvalue weighted by molar-refractivity contribution is 0.0929. The Kier molecular flexibility index (Phi) is 5.21. The molecule has 1 atom stereocenters. The van der Waals surface area contributed by atoms with Gasteiger partial charge in [0.05, 0.1) is 13.3 Å². The molecule has 0 saturated heterocycles. The van der Waals surface area contributed by atoms with E-state index in [-0.39, 0.29) is 23.0 Å². The molecule has 31 heavy (non-hydrogen) atoms. The fourth-order valence-corrected chi connectivity index (χ4v) is 4.23. The van der Waals surface area contributed by atoms with E-state index in [2.05, 4.69) is 36.2 Å². The van der Waals surface area contributed by atoms with Crippen molar-refractivity contribution in [1.29, 1.82) is 0 Å². The summed E-state index contributed by atoms with van der Waals surface area (Å²) >= 11 is 0. The average Bonchev–Trinajstić information content (AvgIpc) is 3.17. The third-order valence-electron chi connectivity index (χ3n) is 6.07. The Labute approximate surface area is 180 Å². The lowest BCUT2D eigenvalue weighted by atomic mass is 9.80. The number of carbonyl (C=O) groups is 1. The number of rotatable bonds is 4. The van der Waals surface area contributed by atoms with E-state index in [0.29, 0.717) is 16.9 Å². The Bertz CT molecular complexity index is 1180. The summed E-state index contributed by atoms with van der Waals surface area (Å²) in [5.41, 5.74) is 5.13. The molecule has 6 nitrogen and oxygen atoms in total. The Morgan fingerprint density at radius 2 is 2.13 bits per heavy atom. The maximum atomic E-state index is 14.7. The number of halogens is 1. The summed E-state index contributed by atoms with van der Waals surface area (Å²) in [6.07, 6.45) is 2.29. The molecule has 0 bridgehead atoms. The molecule has 1 N–H and O–H groups in total. The molecular formula is C24H26FN3O3. The maximum Gasteiger partial charge on any atom is 0.307 e. The van der Waals surface area contributed by atoms with E-state index in [0.717, 1.165) is 23.1 Å². The smallest absolute Gasteiger partial charge is 0.307 e. The quantitative estimate of drug-likeness (QED) is 0.470. The van der Waals surface area contributed by atoms with Crippen LogP contribution in [0.15, 0.2) is 45.9 Å². The normalized spacial score (nSPS) is 17.7. The number of fused-ring (bicyclic) bond motifs is 2. The SMILES string of the molecule is COc1cccc2cc(C(=O)N/N=C\c3cc4c(cc3F)N(C)C(C)(C)CC4C)oc12. The van der Waals surface area contributed by atoms with Gasteiger partial charge in [0, 0.05) is 29.2 Å². The van der Waals surface area contributed by atoms with Crippen molar-refractivity contribution in [1.82, 2.24) is 5.43 Å². The van der Waals surface area contributed by atoms with E-state index in [1.807, 2.05) is 25.2 Å². The molecular weight excluding hydrogens is 397 g/mol. The summed E-state index contributed by atoms with van der Waals surface area (Å²) in [7, 11) is 3.52. The zero-order chi connectivity index (χ0) is 22.3. The minimum atomic E-state index is -0.525. The van der Waals surface area contributed by atoms with Crippen LogP contribution in [0.5, 0.6) is 5.75 Å². The van der Waals surface area contributed by atoms with E-state index in [1.165, 1.54) is 13.3 Å². The highest BCUT2D eigenvalue weighted by atomic mass is 19.1. The number of methoxy groups -OCH3 is 1. The van der Waals surface area contributed by atoms with Crippen LogP contribution in [-0.4, -0.2) is 31.8 Å². The zero-order valence-corrected chi connectivity index (χ0v) is 18.3. The van der Waals surface area contributed by atoms with Gasteiger partial charge < -0.3 is 14.1 Å². The summed E-state index contributed by atoms with van der Waals surface area (Å²) in [6, 6.07) is 10.4. The molecule has 4 rings (SSSR count). The predicted molar refractivity (Wildman–Crippen MR) is 120 cm³/mol. The zero-order valence-electron chi connectivity index (χ0n) is 18.3. The number of nitrogens with one attached hydrogen (secondary N) is 1. The van der Waals surface area contributed by atoms with E-state index in [1.54, 1.807) is 18.2 Å². The first-order chi connectivity index (χ1) is 14.7. The molecule has 0 saturated carbocycles. The van der Waals surface area contributed by atoms with E-state index >= 15 is 0 Å². The number of furan rings is 1. The topological polar surface area (TPSA) is 67.1 Å². The van der Waals surface area contributed by atoms with Crippen molar-refractivity contribution in [3.63, 3.8) is 0 Å². The summed E-state index contributed by atoms with van der Waals surface area (Å²) in [5.74, 6) is 0.0113. The first-order valence-corrected chi connectivity index (χ1v) is 10.2. The lowest BCUT2D eigenvalue weighted by Crippen LogP contribution is -2.45. The van der Waals surface area contributed by atoms with Gasteiger partial charge in [0.25, 0.3) is 0 Å². The molecule has 7 heteroatoms. The van der Waals surface area contributed by atoms with Gasteiger partial charge in [-0.3, -0.25) is 4.79 Å². The van der Waals surface area contributed by atoms with Gasteiger partial charge in [-0.15, -0.1) is 0 Å². The van der Waals surface area contributed by atoms with Gasteiger partial charge in [0.2, 0.25) is 0 Å². The number of carbonyl (C=O) groups excluding carboxylic acids is 1. The number of hydrogen-bond acceptors (Lipinski definition) is 5. The monoisotopic (exact) mass is 423 g/mol. The van der Waals surface area contributed by atoms with E-state index < -0.39 is 5.91 Å². The number of nitrogens with zero attached hydrogens (tertiary/aromatic N) is 2. The van der Waals surface area contributed by atoms with Crippen LogP contribution in [0.4, 0.5) is 10.1 Å². The van der Waals surface area contributed by atoms with Crippen LogP contribution in [0.3, 0.4) is 0 Å². The molecule has 3 aromatic rings. The molecule has 0 spiro atoms. The third-order valence-corrected chi connectivity index (χ3v) is 6.07. The number of amides is 1. The molecule has 0 aliphatic carbocycles. The minimum absolute atomic E-state index is 0.0439. The van der Waals surface area contributed by atoms with Crippen molar-refractivity contribution >= 4 is 28.8 Å². The molecule has 2 heterocycles. The summed E-state index contributed by atoms with van der Waals surface area (Å²) in [6.45, 7) is 6.45. The average molecular weight is 423 g/mol. The van der Waals surface area contributed by atoms with Crippen molar-refractivity contribution in [3.05, 3.63) is 59.1 Å². The second kappa shape index (κ2) is 7.72. The molecule has 1 unspecified atom stereocenters. The van der Waals surface area contributed by atoms with Crippen molar-refractivity contribution in [2.45, 2.75) is 38.6 Å². The van der Waals surface area contributed by atoms with Crippen molar-refractivity contribution < 1.29 is 18.3 Å². The Morgan fingerprint density at radius 1 is 1.35 bits per heavy atom. The molecule has 2 aromatic carbocycles. The lowest BCUT2D eigenvalue weighted by Gasteiger charge is -2.45. The number of para-hydroxylation sites is 1. The van der Waals surface area contributed by atoms with Crippen LogP contribution in [0, 0.1) is 5.82 Å². The van der Waals surface area contributed by atoms with Gasteiger partial charge in [0.1, 0.15) is 5.82 Å². The molecule has 1 amide bonds. The number of hydrogen-bond donors (Lipinski definition) is 1. The van der Waals surface area contributed by atoms with Crippen LogP contribution in [0.1, 0.15) is 54.8 Å². The van der Waals surface area contributed by atoms with Gasteiger partial charge in [-0.1, -0.05) is 19.1 Å². The van der Waals surface area contributed by atoms with Crippen LogP contribution in [-0.2, 0) is 0 Å². The first-order valence-electron chi connectivity index (χ1n) is 10.2. The van der Waals surface area contributed by atoms with Crippen LogP contribution >= 0.6 is 0 Å². The minimum Gasteiger partial charge on any atom is -0.493 e. The molecule has 1 aliphatic heterocycles. The number of hydrazone groups is 1. The molecule has 0 fully saturated rings. The van der Waals surface area contributed by atoms with Crippen molar-refractivity contribution in [3.8, 4) is 5.75 Å². The van der Waals surface area contributed by atoms with Crippen LogP contribution in [0.25, 0.3) is 11.0 Å². The van der Waals surface area contributed by atoms with Crippen LogP contribution in [0.2, 0.25) is 0 Å². The number of benzene rings is 2. The Balaban J connectivity index is 1.54. The summed E-state index contributed by atoms with van der Waals surface area (Å²) in [4.78, 5) is 14.5. The van der Waals surface area contributed by atoms with Crippen LogP contribution < -0.4 is 15.1 Å². The Hall–Kier alpha value is -3.35. The highest BCUT2D eigenvalue weighted by molar-refractivity contribution is 5.97. The first kappa shape index (κ1) is 20.9. The second-order valence-corrected chi connectivity index (χ2v) is 8.60. The number of anilines is 1. The standard InChI is InChI=1S/C24H26FN3O3/c1-14-12-24(2,3)28(4)19-11-18(25)16(9-17(14)19)13-26-27-23(29)21-10-15-7-6-8-20(30-5)22(15)31-21/h6-11,13-14H,12H2,1-5H3,(H,27,29)/b26-13-.